The predicted octanol–water partition coefficient (Wildman–Crippen LogP) is 4.18. The monoisotopic (exact) mass is 554 g/mol. The van der Waals surface area contributed by atoms with Gasteiger partial charge in [-0.1, -0.05) is 24.3 Å². The van der Waals surface area contributed by atoms with Gasteiger partial charge in [-0.2, -0.15) is 0 Å². The van der Waals surface area contributed by atoms with E-state index in [9.17, 15) is 29.4 Å². The summed E-state index contributed by atoms with van der Waals surface area (Å²) in [5.74, 6) is 0.0625. The number of piperidine rings is 2. The van der Waals surface area contributed by atoms with Crippen LogP contribution in [0.1, 0.15) is 62.5 Å². The largest absolute Gasteiger partial charge is 0.504 e. The van der Waals surface area contributed by atoms with E-state index in [4.69, 9.17) is 9.47 Å². The van der Waals surface area contributed by atoms with E-state index in [0.29, 0.717) is 45.3 Å². The average Bonchev–Trinajstić information content (AvgIpc) is 3.24. The van der Waals surface area contributed by atoms with Crippen LogP contribution in [-0.4, -0.2) is 71.6 Å². The lowest BCUT2D eigenvalue weighted by Crippen LogP contribution is -2.38. The van der Waals surface area contributed by atoms with Crippen LogP contribution in [0, 0.1) is 0 Å². The second-order valence-corrected chi connectivity index (χ2v) is 9.76. The summed E-state index contributed by atoms with van der Waals surface area (Å²) in [6.07, 6.45) is 2.72. The molecule has 2 aliphatic heterocycles. The molecule has 0 spiro atoms. The molecule has 2 aromatic carbocycles. The molecule has 10 heteroatoms. The van der Waals surface area contributed by atoms with E-state index >= 15 is 0 Å². The number of hydrogen-bond acceptors (Lipinski definition) is 8. The van der Waals surface area contributed by atoms with Crippen LogP contribution in [0.3, 0.4) is 0 Å². The Morgan fingerprint density at radius 3 is 1.70 bits per heavy atom. The third kappa shape index (κ3) is 8.46. The smallest absolute Gasteiger partial charge is 0.409 e. The van der Waals surface area contributed by atoms with Crippen molar-refractivity contribution in [1.82, 2.24) is 9.80 Å². The van der Waals surface area contributed by atoms with Crippen LogP contribution >= 0.6 is 0 Å². The van der Waals surface area contributed by atoms with Crippen molar-refractivity contribution in [2.24, 2.45) is 0 Å². The van der Waals surface area contributed by atoms with Crippen molar-refractivity contribution in [2.75, 3.05) is 39.4 Å². The first-order valence-corrected chi connectivity index (χ1v) is 13.7. The molecular formula is C30H38N2O8. The number of carbonyl (C=O) groups excluding carboxylic acids is 2. The summed E-state index contributed by atoms with van der Waals surface area (Å²) in [5, 5.41) is 18.8. The number of carbonyl (C=O) groups is 2. The van der Waals surface area contributed by atoms with E-state index in [1.165, 1.54) is 24.3 Å². The van der Waals surface area contributed by atoms with Gasteiger partial charge in [-0.3, -0.25) is 9.59 Å². The zero-order chi connectivity index (χ0) is 29.1. The maximum Gasteiger partial charge on any atom is 0.409 e. The molecule has 10 nitrogen and oxygen atoms in total. The minimum Gasteiger partial charge on any atom is -0.504 e. The van der Waals surface area contributed by atoms with Crippen LogP contribution in [0.4, 0.5) is 9.59 Å². The van der Waals surface area contributed by atoms with Crippen LogP contribution in [0.15, 0.2) is 58.1 Å². The van der Waals surface area contributed by atoms with Crippen LogP contribution in [-0.2, 0) is 9.47 Å². The van der Waals surface area contributed by atoms with Gasteiger partial charge in [0, 0.05) is 26.2 Å². The molecule has 0 atom stereocenters. The van der Waals surface area contributed by atoms with Crippen molar-refractivity contribution in [3.05, 3.63) is 80.1 Å². The first-order chi connectivity index (χ1) is 19.2. The molecule has 0 unspecified atom stereocenters. The Kier molecular flexibility index (Phi) is 11.4. The normalized spacial score (nSPS) is 15.9. The Labute approximate surface area is 233 Å². The molecule has 2 aromatic rings. The SMILES string of the molecule is CCOC(=O)N1CCC(c2ccc(O)c(=O)cc2)CC1.CCOC(=O)N1CCC(c2cccc(O)c(=O)c2)CC1. The molecule has 0 aliphatic carbocycles. The molecule has 2 N–H and O–H groups in total. The van der Waals surface area contributed by atoms with E-state index in [1.807, 2.05) is 6.07 Å². The summed E-state index contributed by atoms with van der Waals surface area (Å²) in [6.45, 7) is 6.91. The standard InChI is InChI=1S/2C15H19NO4/c1-2-20-15(19)16-9-7-12(8-10-16)11-3-5-13(17)14(18)6-4-11;1-2-20-15(19)16-8-6-11(7-9-16)12-4-3-5-13(17)14(18)10-12/h3-6,12H,2,7-10H2,1H3,(H,17,18);3-5,10-11H,2,6-9H2,1H3,(H,17,18). The molecule has 40 heavy (non-hydrogen) atoms. The van der Waals surface area contributed by atoms with Crippen molar-refractivity contribution in [3.8, 4) is 11.5 Å². The molecule has 0 radical (unpaired) electrons. The lowest BCUT2D eigenvalue weighted by molar-refractivity contribution is 0.0963. The summed E-state index contributed by atoms with van der Waals surface area (Å²) in [7, 11) is 0. The summed E-state index contributed by atoms with van der Waals surface area (Å²) in [6, 6.07) is 12.8. The van der Waals surface area contributed by atoms with Gasteiger partial charge < -0.3 is 29.5 Å². The van der Waals surface area contributed by atoms with Gasteiger partial charge in [0.25, 0.3) is 0 Å². The van der Waals surface area contributed by atoms with Crippen molar-refractivity contribution in [2.45, 2.75) is 51.4 Å². The van der Waals surface area contributed by atoms with E-state index in [0.717, 1.165) is 36.8 Å². The first kappa shape index (κ1) is 30.5. The fourth-order valence-corrected chi connectivity index (χ4v) is 4.92. The number of likely N-dealkylation sites (tertiary alicyclic amines) is 2. The van der Waals surface area contributed by atoms with E-state index in [1.54, 1.807) is 41.8 Å². The number of aromatic hydroxyl groups is 2. The summed E-state index contributed by atoms with van der Waals surface area (Å²) >= 11 is 0. The molecule has 2 saturated heterocycles. The Morgan fingerprint density at radius 2 is 1.18 bits per heavy atom. The van der Waals surface area contributed by atoms with Crippen molar-refractivity contribution >= 4 is 12.2 Å². The minimum absolute atomic E-state index is 0.236. The molecule has 2 aliphatic rings. The van der Waals surface area contributed by atoms with Crippen LogP contribution < -0.4 is 10.9 Å². The molecule has 0 aromatic heterocycles. The molecule has 2 amide bonds. The topological polar surface area (TPSA) is 134 Å². The highest BCUT2D eigenvalue weighted by Crippen LogP contribution is 2.29. The lowest BCUT2D eigenvalue weighted by Gasteiger charge is -2.31. The molecule has 2 heterocycles. The Morgan fingerprint density at radius 1 is 0.700 bits per heavy atom. The number of rotatable bonds is 4. The molecule has 0 bridgehead atoms. The van der Waals surface area contributed by atoms with Crippen molar-refractivity contribution < 1.29 is 29.3 Å². The van der Waals surface area contributed by atoms with Gasteiger partial charge in [0.15, 0.2) is 11.5 Å². The van der Waals surface area contributed by atoms with Gasteiger partial charge in [0.1, 0.15) is 0 Å². The second kappa shape index (κ2) is 14.9. The van der Waals surface area contributed by atoms with Crippen LogP contribution in [0.25, 0.3) is 0 Å². The number of hydrogen-bond donors (Lipinski definition) is 2. The molecule has 2 fully saturated rings. The third-order valence-electron chi connectivity index (χ3n) is 7.19. The lowest BCUT2D eigenvalue weighted by atomic mass is 9.90. The van der Waals surface area contributed by atoms with Gasteiger partial charge in [-0.05, 0) is 86.8 Å². The zero-order valence-corrected chi connectivity index (χ0v) is 23.1. The quantitative estimate of drug-likeness (QED) is 0.575. The predicted molar refractivity (Wildman–Crippen MR) is 150 cm³/mol. The third-order valence-corrected chi connectivity index (χ3v) is 7.19. The molecular weight excluding hydrogens is 516 g/mol. The van der Waals surface area contributed by atoms with E-state index in [2.05, 4.69) is 0 Å². The van der Waals surface area contributed by atoms with Gasteiger partial charge in [0.05, 0.1) is 13.2 Å². The van der Waals surface area contributed by atoms with Crippen molar-refractivity contribution in [3.63, 3.8) is 0 Å². The Balaban J connectivity index is 0.000000220. The van der Waals surface area contributed by atoms with Crippen LogP contribution in [0.2, 0.25) is 0 Å². The zero-order valence-electron chi connectivity index (χ0n) is 23.1. The summed E-state index contributed by atoms with van der Waals surface area (Å²) in [4.78, 5) is 49.6. The first-order valence-electron chi connectivity index (χ1n) is 13.7. The molecule has 216 valence electrons. The van der Waals surface area contributed by atoms with Gasteiger partial charge in [0.2, 0.25) is 10.9 Å². The number of ether oxygens (including phenoxy) is 2. The van der Waals surface area contributed by atoms with Crippen molar-refractivity contribution in [1.29, 1.82) is 0 Å². The Bertz CT molecular complexity index is 1270. The number of amides is 2. The highest BCUT2D eigenvalue weighted by atomic mass is 16.6. The summed E-state index contributed by atoms with van der Waals surface area (Å²) in [5.41, 5.74) is 1.20. The highest BCUT2D eigenvalue weighted by molar-refractivity contribution is 5.68. The van der Waals surface area contributed by atoms with E-state index in [-0.39, 0.29) is 40.5 Å². The molecule has 0 saturated carbocycles. The minimum atomic E-state index is -0.375. The average molecular weight is 555 g/mol. The van der Waals surface area contributed by atoms with Crippen LogP contribution in [0.5, 0.6) is 11.5 Å². The van der Waals surface area contributed by atoms with E-state index < -0.39 is 0 Å². The van der Waals surface area contributed by atoms with Gasteiger partial charge >= 0.3 is 12.2 Å². The van der Waals surface area contributed by atoms with Gasteiger partial charge in [-0.25, -0.2) is 9.59 Å². The fourth-order valence-electron chi connectivity index (χ4n) is 4.92. The Hall–Kier alpha value is -4.08. The summed E-state index contributed by atoms with van der Waals surface area (Å²) < 4.78 is 9.96. The number of nitrogens with zero attached hydrogens (tertiary/aromatic N) is 2. The maximum atomic E-state index is 11.6. The fraction of sp³-hybridized carbons (Fsp3) is 0.467. The highest BCUT2D eigenvalue weighted by Gasteiger charge is 2.25. The maximum absolute atomic E-state index is 11.6. The molecule has 4 rings (SSSR count). The van der Waals surface area contributed by atoms with Gasteiger partial charge in [-0.15, -0.1) is 0 Å². The second-order valence-electron chi connectivity index (χ2n) is 9.76.